The Morgan fingerprint density at radius 1 is 1.12 bits per heavy atom. The van der Waals surface area contributed by atoms with Crippen molar-refractivity contribution in [3.05, 3.63) is 0 Å². The maximum absolute atomic E-state index is 11.9. The van der Waals surface area contributed by atoms with Crippen molar-refractivity contribution in [1.29, 1.82) is 0 Å². The fraction of sp³-hybridized carbons (Fsp3) is 0.833. The zero-order valence-corrected chi connectivity index (χ0v) is 15.5. The topological polar surface area (TPSA) is 98.7 Å². The summed E-state index contributed by atoms with van der Waals surface area (Å²) in [6.07, 6.45) is 4.33. The molecule has 2 aliphatic rings. The SMILES string of the molecule is CC(C)(C)CC(=O)NCC(=O)NC1CC(N(CC(=O)O)CC2CC2)C1. The Balaban J connectivity index is 1.65. The molecule has 0 atom stereocenters. The lowest BCUT2D eigenvalue weighted by atomic mass is 9.85. The number of nitrogens with zero attached hydrogens (tertiary/aromatic N) is 1. The third kappa shape index (κ3) is 7.42. The van der Waals surface area contributed by atoms with E-state index in [1.165, 1.54) is 12.8 Å². The van der Waals surface area contributed by atoms with E-state index in [4.69, 9.17) is 5.11 Å². The lowest BCUT2D eigenvalue weighted by Gasteiger charge is -2.42. The first-order valence-electron chi connectivity index (χ1n) is 9.14. The predicted molar refractivity (Wildman–Crippen MR) is 94.0 cm³/mol. The van der Waals surface area contributed by atoms with Gasteiger partial charge in [0.2, 0.25) is 11.8 Å². The summed E-state index contributed by atoms with van der Waals surface area (Å²) in [6.45, 7) is 6.85. The molecule has 7 heteroatoms. The van der Waals surface area contributed by atoms with E-state index in [2.05, 4.69) is 10.6 Å². The molecular formula is C18H31N3O4. The first kappa shape index (κ1) is 19.7. The van der Waals surface area contributed by atoms with Gasteiger partial charge in [0.15, 0.2) is 0 Å². The Morgan fingerprint density at radius 3 is 2.28 bits per heavy atom. The zero-order valence-electron chi connectivity index (χ0n) is 15.5. The predicted octanol–water partition coefficient (Wildman–Crippen LogP) is 0.983. The molecule has 3 N–H and O–H groups in total. The van der Waals surface area contributed by atoms with E-state index in [0.29, 0.717) is 12.3 Å². The normalized spacial score (nSPS) is 23.0. The van der Waals surface area contributed by atoms with Gasteiger partial charge in [0.1, 0.15) is 0 Å². The van der Waals surface area contributed by atoms with Crippen molar-refractivity contribution in [3.63, 3.8) is 0 Å². The highest BCUT2D eigenvalue weighted by atomic mass is 16.4. The molecule has 0 aromatic rings. The molecule has 2 saturated carbocycles. The molecule has 0 spiro atoms. The third-order valence-electron chi connectivity index (χ3n) is 4.66. The zero-order chi connectivity index (χ0) is 18.6. The van der Waals surface area contributed by atoms with Crippen molar-refractivity contribution in [3.8, 4) is 0 Å². The average molecular weight is 353 g/mol. The van der Waals surface area contributed by atoms with Crippen LogP contribution in [0.2, 0.25) is 0 Å². The van der Waals surface area contributed by atoms with E-state index in [1.54, 1.807) is 0 Å². The van der Waals surface area contributed by atoms with E-state index in [-0.39, 0.29) is 42.4 Å². The van der Waals surface area contributed by atoms with E-state index < -0.39 is 5.97 Å². The van der Waals surface area contributed by atoms with Gasteiger partial charge in [-0.1, -0.05) is 20.8 Å². The number of hydrogen-bond acceptors (Lipinski definition) is 4. The van der Waals surface area contributed by atoms with Crippen LogP contribution in [0.3, 0.4) is 0 Å². The van der Waals surface area contributed by atoms with E-state index in [1.807, 2.05) is 25.7 Å². The summed E-state index contributed by atoms with van der Waals surface area (Å²) in [6, 6.07) is 0.310. The fourth-order valence-corrected chi connectivity index (χ4v) is 3.15. The van der Waals surface area contributed by atoms with Gasteiger partial charge < -0.3 is 15.7 Å². The van der Waals surface area contributed by atoms with Crippen LogP contribution in [-0.4, -0.2) is 59.5 Å². The maximum atomic E-state index is 11.9. The Morgan fingerprint density at radius 2 is 1.76 bits per heavy atom. The van der Waals surface area contributed by atoms with Crippen LogP contribution in [0.15, 0.2) is 0 Å². The van der Waals surface area contributed by atoms with Gasteiger partial charge in [-0.3, -0.25) is 19.3 Å². The van der Waals surface area contributed by atoms with E-state index in [9.17, 15) is 14.4 Å². The van der Waals surface area contributed by atoms with Gasteiger partial charge in [-0.05, 0) is 37.0 Å². The molecule has 7 nitrogen and oxygen atoms in total. The van der Waals surface area contributed by atoms with Crippen LogP contribution >= 0.6 is 0 Å². The van der Waals surface area contributed by atoms with Crippen LogP contribution in [0, 0.1) is 11.3 Å². The Hall–Kier alpha value is -1.63. The van der Waals surface area contributed by atoms with Gasteiger partial charge in [0.25, 0.3) is 0 Å². The van der Waals surface area contributed by atoms with Gasteiger partial charge >= 0.3 is 5.97 Å². The van der Waals surface area contributed by atoms with Gasteiger partial charge in [-0.25, -0.2) is 0 Å². The molecule has 0 aromatic carbocycles. The Kier molecular flexibility index (Phi) is 6.43. The second-order valence-electron chi connectivity index (χ2n) is 8.67. The number of nitrogens with one attached hydrogen (secondary N) is 2. The molecule has 25 heavy (non-hydrogen) atoms. The van der Waals surface area contributed by atoms with Gasteiger partial charge in [-0.15, -0.1) is 0 Å². The molecule has 2 fully saturated rings. The first-order valence-corrected chi connectivity index (χ1v) is 9.14. The van der Waals surface area contributed by atoms with Crippen molar-refractivity contribution in [2.75, 3.05) is 19.6 Å². The van der Waals surface area contributed by atoms with Crippen molar-refractivity contribution in [2.45, 2.75) is 65.0 Å². The second-order valence-corrected chi connectivity index (χ2v) is 8.67. The lowest BCUT2D eigenvalue weighted by molar-refractivity contribution is -0.140. The summed E-state index contributed by atoms with van der Waals surface area (Å²) in [4.78, 5) is 36.7. The lowest BCUT2D eigenvalue weighted by Crippen LogP contribution is -2.56. The molecule has 0 radical (unpaired) electrons. The standard InChI is InChI=1S/C18H31N3O4/c1-18(2,3)8-15(22)19-9-16(23)20-13-6-14(7-13)21(11-17(24)25)10-12-4-5-12/h12-14H,4-11H2,1-3H3,(H,19,22)(H,20,23)(H,24,25). The highest BCUT2D eigenvalue weighted by molar-refractivity contribution is 5.85. The number of hydrogen-bond donors (Lipinski definition) is 3. The van der Waals surface area contributed by atoms with Crippen molar-refractivity contribution < 1.29 is 19.5 Å². The second kappa shape index (κ2) is 8.17. The number of aliphatic carboxylic acids is 1. The monoisotopic (exact) mass is 353 g/mol. The van der Waals surface area contributed by atoms with E-state index in [0.717, 1.165) is 19.4 Å². The number of carbonyl (C=O) groups is 3. The number of amides is 2. The van der Waals surface area contributed by atoms with Gasteiger partial charge in [0, 0.05) is 25.0 Å². The largest absolute Gasteiger partial charge is 0.480 e. The fourth-order valence-electron chi connectivity index (χ4n) is 3.15. The Bertz CT molecular complexity index is 505. The summed E-state index contributed by atoms with van der Waals surface area (Å²) in [5.41, 5.74) is -0.100. The summed E-state index contributed by atoms with van der Waals surface area (Å²) in [5, 5.41) is 14.6. The van der Waals surface area contributed by atoms with E-state index >= 15 is 0 Å². The molecule has 2 rings (SSSR count). The molecule has 0 bridgehead atoms. The molecule has 2 amide bonds. The summed E-state index contributed by atoms with van der Waals surface area (Å²) >= 11 is 0. The van der Waals surface area contributed by atoms with Crippen LogP contribution < -0.4 is 10.6 Å². The molecule has 0 heterocycles. The number of rotatable bonds is 9. The van der Waals surface area contributed by atoms with Crippen LogP contribution in [0.1, 0.15) is 52.9 Å². The van der Waals surface area contributed by atoms with Crippen molar-refractivity contribution in [1.82, 2.24) is 15.5 Å². The number of carboxylic acids is 1. The quantitative estimate of drug-likeness (QED) is 0.574. The number of carbonyl (C=O) groups excluding carboxylic acids is 2. The Labute approximate surface area is 149 Å². The minimum atomic E-state index is -0.797. The first-order chi connectivity index (χ1) is 11.6. The smallest absolute Gasteiger partial charge is 0.317 e. The van der Waals surface area contributed by atoms with Crippen LogP contribution in [0.4, 0.5) is 0 Å². The maximum Gasteiger partial charge on any atom is 0.317 e. The minimum absolute atomic E-state index is 0.00298. The summed E-state index contributed by atoms with van der Waals surface area (Å²) in [7, 11) is 0. The van der Waals surface area contributed by atoms with Gasteiger partial charge in [0.05, 0.1) is 13.1 Å². The summed E-state index contributed by atoms with van der Waals surface area (Å²) in [5.74, 6) is -0.454. The van der Waals surface area contributed by atoms with Crippen LogP contribution in [0.25, 0.3) is 0 Å². The minimum Gasteiger partial charge on any atom is -0.480 e. The third-order valence-corrected chi connectivity index (χ3v) is 4.66. The van der Waals surface area contributed by atoms with Crippen LogP contribution in [0.5, 0.6) is 0 Å². The molecule has 142 valence electrons. The molecular weight excluding hydrogens is 322 g/mol. The van der Waals surface area contributed by atoms with Crippen LogP contribution in [-0.2, 0) is 14.4 Å². The summed E-state index contributed by atoms with van der Waals surface area (Å²) < 4.78 is 0. The molecule has 2 aliphatic carbocycles. The van der Waals surface area contributed by atoms with Gasteiger partial charge in [-0.2, -0.15) is 0 Å². The molecule has 0 aromatic heterocycles. The highest BCUT2D eigenvalue weighted by Crippen LogP contribution is 2.33. The molecule has 0 aliphatic heterocycles. The average Bonchev–Trinajstić information content (AvgIpc) is 3.21. The molecule has 0 unspecified atom stereocenters. The number of carboxylic acid groups (broad SMARTS) is 1. The van der Waals surface area contributed by atoms with Crippen molar-refractivity contribution >= 4 is 17.8 Å². The molecule has 0 saturated heterocycles. The van der Waals surface area contributed by atoms with Crippen molar-refractivity contribution in [2.24, 2.45) is 11.3 Å². The highest BCUT2D eigenvalue weighted by Gasteiger charge is 2.37.